The van der Waals surface area contributed by atoms with Gasteiger partial charge in [0.05, 0.1) is 12.1 Å². The van der Waals surface area contributed by atoms with Crippen LogP contribution in [0.4, 0.5) is 0 Å². The molecule has 0 aromatic heterocycles. The largest absolute Gasteiger partial charge is 0.339 e. The van der Waals surface area contributed by atoms with E-state index in [9.17, 15) is 28.8 Å². The Labute approximate surface area is 168 Å². The Morgan fingerprint density at radius 3 is 1.66 bits per heavy atom. The number of carbonyl (C=O) groups is 6. The third-order valence-corrected chi connectivity index (χ3v) is 5.45. The number of amides is 5. The summed E-state index contributed by atoms with van der Waals surface area (Å²) in [5.41, 5.74) is 0.606. The van der Waals surface area contributed by atoms with Crippen molar-refractivity contribution in [2.24, 2.45) is 0 Å². The fourth-order valence-electron chi connectivity index (χ4n) is 3.97. The van der Waals surface area contributed by atoms with Crippen molar-refractivity contribution in [2.75, 3.05) is 13.1 Å². The van der Waals surface area contributed by atoms with E-state index in [1.54, 1.807) is 0 Å². The lowest BCUT2D eigenvalue weighted by molar-refractivity contribution is -0.149. The Morgan fingerprint density at radius 2 is 1.31 bits per heavy atom. The average molecular weight is 401 g/mol. The SMILES string of the molecule is CC(=O)CCC(=O)N1C[C@H](N2C(=O)C=C(C)C2=O)C[C@H](N2C(=O)C=C(C)C2=O)C1. The molecule has 1 saturated heterocycles. The number of carbonyl (C=O) groups excluding carboxylic acids is 6. The smallest absolute Gasteiger partial charge is 0.256 e. The van der Waals surface area contributed by atoms with E-state index >= 15 is 0 Å². The van der Waals surface area contributed by atoms with E-state index in [0.717, 1.165) is 9.80 Å². The molecule has 0 radical (unpaired) electrons. The predicted molar refractivity (Wildman–Crippen MR) is 99.9 cm³/mol. The number of hydrogen-bond donors (Lipinski definition) is 0. The second-order valence-electron chi connectivity index (χ2n) is 7.73. The number of ketones is 1. The van der Waals surface area contributed by atoms with Crippen molar-refractivity contribution < 1.29 is 28.8 Å². The molecule has 0 aromatic rings. The first-order valence-corrected chi connectivity index (χ1v) is 9.49. The third kappa shape index (κ3) is 3.90. The van der Waals surface area contributed by atoms with E-state index in [4.69, 9.17) is 0 Å². The van der Waals surface area contributed by atoms with Gasteiger partial charge in [-0.05, 0) is 27.2 Å². The molecule has 0 N–H and O–H groups in total. The van der Waals surface area contributed by atoms with Crippen molar-refractivity contribution >= 4 is 35.3 Å². The summed E-state index contributed by atoms with van der Waals surface area (Å²) >= 11 is 0. The molecular weight excluding hydrogens is 378 g/mol. The van der Waals surface area contributed by atoms with Crippen molar-refractivity contribution in [3.63, 3.8) is 0 Å². The molecule has 3 aliphatic rings. The van der Waals surface area contributed by atoms with Gasteiger partial charge in [0.1, 0.15) is 5.78 Å². The standard InChI is InChI=1S/C20H23N3O6/c1-11-6-17(26)22(19(11)28)14-8-15(23-18(27)7-12(2)20(23)29)10-21(9-14)16(25)5-4-13(3)24/h6-7,14-15H,4-5,8-10H2,1-3H3/t14-,15+. The highest BCUT2D eigenvalue weighted by Gasteiger charge is 2.45. The topological polar surface area (TPSA) is 112 Å². The van der Waals surface area contributed by atoms with Crippen LogP contribution < -0.4 is 0 Å². The van der Waals surface area contributed by atoms with Crippen LogP contribution in [-0.4, -0.2) is 75.2 Å². The lowest BCUT2D eigenvalue weighted by Gasteiger charge is -2.43. The number of likely N-dealkylation sites (tertiary alicyclic amines) is 1. The van der Waals surface area contributed by atoms with Crippen molar-refractivity contribution in [1.29, 1.82) is 0 Å². The minimum Gasteiger partial charge on any atom is -0.339 e. The Morgan fingerprint density at radius 1 is 0.862 bits per heavy atom. The van der Waals surface area contributed by atoms with Gasteiger partial charge in [0.2, 0.25) is 5.91 Å². The van der Waals surface area contributed by atoms with Gasteiger partial charge in [0.15, 0.2) is 0 Å². The maximum Gasteiger partial charge on any atom is 0.256 e. The quantitative estimate of drug-likeness (QED) is 0.598. The predicted octanol–water partition coefficient (Wildman–Crippen LogP) is -0.0447. The molecule has 3 heterocycles. The van der Waals surface area contributed by atoms with Crippen LogP contribution in [-0.2, 0) is 28.8 Å². The summed E-state index contributed by atoms with van der Waals surface area (Å²) in [6, 6.07) is -1.32. The zero-order valence-electron chi connectivity index (χ0n) is 16.6. The molecule has 0 aliphatic carbocycles. The Balaban J connectivity index is 1.86. The molecule has 0 bridgehead atoms. The first-order valence-electron chi connectivity index (χ1n) is 9.49. The maximum absolute atomic E-state index is 12.6. The third-order valence-electron chi connectivity index (χ3n) is 5.45. The molecule has 2 atom stereocenters. The van der Waals surface area contributed by atoms with E-state index in [1.165, 1.54) is 37.8 Å². The zero-order chi connectivity index (χ0) is 21.5. The summed E-state index contributed by atoms with van der Waals surface area (Å²) in [5.74, 6) is -2.26. The van der Waals surface area contributed by atoms with Crippen molar-refractivity contribution in [1.82, 2.24) is 14.7 Å². The maximum atomic E-state index is 12.6. The number of hydrogen-bond acceptors (Lipinski definition) is 6. The number of piperidine rings is 1. The molecule has 0 spiro atoms. The van der Waals surface area contributed by atoms with E-state index in [1.807, 2.05) is 0 Å². The molecule has 9 heteroatoms. The summed E-state index contributed by atoms with van der Waals surface area (Å²) in [6.07, 6.45) is 2.76. The van der Waals surface area contributed by atoms with Crippen LogP contribution in [0.25, 0.3) is 0 Å². The van der Waals surface area contributed by atoms with Gasteiger partial charge in [0, 0.05) is 49.2 Å². The summed E-state index contributed by atoms with van der Waals surface area (Å²) in [4.78, 5) is 77.0. The second kappa shape index (κ2) is 7.73. The molecule has 29 heavy (non-hydrogen) atoms. The number of imide groups is 2. The van der Waals surface area contributed by atoms with Crippen LogP contribution in [0.15, 0.2) is 23.3 Å². The Kier molecular flexibility index (Phi) is 5.50. The van der Waals surface area contributed by atoms with Crippen LogP contribution in [0.1, 0.15) is 40.0 Å². The lowest BCUT2D eigenvalue weighted by Crippen LogP contribution is -2.60. The van der Waals surface area contributed by atoms with Crippen LogP contribution in [0.5, 0.6) is 0 Å². The van der Waals surface area contributed by atoms with Crippen molar-refractivity contribution in [2.45, 2.75) is 52.1 Å². The number of rotatable bonds is 5. The van der Waals surface area contributed by atoms with Gasteiger partial charge in [0.25, 0.3) is 23.6 Å². The van der Waals surface area contributed by atoms with Gasteiger partial charge in [-0.25, -0.2) is 0 Å². The molecule has 5 amide bonds. The van der Waals surface area contributed by atoms with Crippen LogP contribution in [0, 0.1) is 0 Å². The molecule has 3 rings (SSSR count). The number of nitrogens with zero attached hydrogens (tertiary/aromatic N) is 3. The minimum absolute atomic E-state index is 0.00683. The highest BCUT2D eigenvalue weighted by Crippen LogP contribution is 2.28. The van der Waals surface area contributed by atoms with E-state index in [2.05, 4.69) is 0 Å². The van der Waals surface area contributed by atoms with Crippen LogP contribution in [0.3, 0.4) is 0 Å². The summed E-state index contributed by atoms with van der Waals surface area (Å²) in [6.45, 7) is 4.68. The van der Waals surface area contributed by atoms with Gasteiger partial charge in [-0.15, -0.1) is 0 Å². The van der Waals surface area contributed by atoms with Gasteiger partial charge < -0.3 is 9.69 Å². The van der Waals surface area contributed by atoms with E-state index < -0.39 is 35.7 Å². The van der Waals surface area contributed by atoms with Gasteiger partial charge >= 0.3 is 0 Å². The fourth-order valence-corrected chi connectivity index (χ4v) is 3.97. The second-order valence-corrected chi connectivity index (χ2v) is 7.73. The molecular formula is C20H23N3O6. The summed E-state index contributed by atoms with van der Waals surface area (Å²) < 4.78 is 0. The average Bonchev–Trinajstić information content (AvgIpc) is 3.05. The van der Waals surface area contributed by atoms with Crippen LogP contribution in [0.2, 0.25) is 0 Å². The molecule has 9 nitrogen and oxygen atoms in total. The monoisotopic (exact) mass is 401 g/mol. The Hall–Kier alpha value is -3.10. The zero-order valence-corrected chi connectivity index (χ0v) is 16.6. The highest BCUT2D eigenvalue weighted by molar-refractivity contribution is 6.17. The lowest BCUT2D eigenvalue weighted by atomic mass is 9.97. The first kappa shape index (κ1) is 20.6. The van der Waals surface area contributed by atoms with Crippen molar-refractivity contribution in [3.05, 3.63) is 23.3 Å². The van der Waals surface area contributed by atoms with E-state index in [0.29, 0.717) is 11.1 Å². The molecule has 3 aliphatic heterocycles. The fraction of sp³-hybridized carbons (Fsp3) is 0.500. The summed E-state index contributed by atoms with van der Waals surface area (Å²) in [5, 5.41) is 0. The normalized spacial score (nSPS) is 25.0. The van der Waals surface area contributed by atoms with E-state index in [-0.39, 0.29) is 44.0 Å². The highest BCUT2D eigenvalue weighted by atomic mass is 16.2. The van der Waals surface area contributed by atoms with Gasteiger partial charge in [-0.2, -0.15) is 0 Å². The van der Waals surface area contributed by atoms with Crippen molar-refractivity contribution in [3.8, 4) is 0 Å². The van der Waals surface area contributed by atoms with Crippen LogP contribution >= 0.6 is 0 Å². The first-order chi connectivity index (χ1) is 13.6. The molecule has 0 unspecified atom stereocenters. The Bertz CT molecular complexity index is 831. The molecule has 1 fully saturated rings. The minimum atomic E-state index is -0.662. The molecule has 154 valence electrons. The number of Topliss-reactive ketones (excluding diaryl/α,β-unsaturated/α-hetero) is 1. The molecule has 0 aromatic carbocycles. The molecule has 0 saturated carbocycles. The summed E-state index contributed by atoms with van der Waals surface area (Å²) in [7, 11) is 0. The van der Waals surface area contributed by atoms with Gasteiger partial charge in [-0.1, -0.05) is 0 Å². The van der Waals surface area contributed by atoms with Gasteiger partial charge in [-0.3, -0.25) is 33.8 Å².